The largest absolute Gasteiger partial charge is 0.493 e. The Kier molecular flexibility index (Phi) is 5.86. The molecule has 28 heavy (non-hydrogen) atoms. The van der Waals surface area contributed by atoms with Gasteiger partial charge in [0.1, 0.15) is 0 Å². The van der Waals surface area contributed by atoms with Crippen molar-refractivity contribution in [3.05, 3.63) is 52.3 Å². The van der Waals surface area contributed by atoms with Gasteiger partial charge in [0.15, 0.2) is 16.3 Å². The molecule has 3 aromatic rings. The first kappa shape index (κ1) is 19.7. The maximum atomic E-state index is 12.8. The van der Waals surface area contributed by atoms with Crippen molar-refractivity contribution in [2.75, 3.05) is 14.2 Å². The van der Waals surface area contributed by atoms with Crippen molar-refractivity contribution in [1.29, 1.82) is 0 Å². The van der Waals surface area contributed by atoms with E-state index in [0.717, 1.165) is 10.2 Å². The summed E-state index contributed by atoms with van der Waals surface area (Å²) in [5.74, 6) is 3.75. The van der Waals surface area contributed by atoms with Crippen LogP contribution in [0.15, 0.2) is 41.4 Å². The summed E-state index contributed by atoms with van der Waals surface area (Å²) in [4.78, 5) is 17.7. The lowest BCUT2D eigenvalue weighted by Crippen LogP contribution is -2.16. The van der Waals surface area contributed by atoms with Gasteiger partial charge in [0.05, 0.1) is 31.0 Å². The lowest BCUT2D eigenvalue weighted by Gasteiger charge is -2.07. The summed E-state index contributed by atoms with van der Waals surface area (Å²) < 4.78 is 13.4. The Bertz CT molecular complexity index is 1130. The lowest BCUT2D eigenvalue weighted by molar-refractivity contribution is 0.0997. The molecule has 2 aromatic carbocycles. The predicted molar refractivity (Wildman–Crippen MR) is 112 cm³/mol. The van der Waals surface area contributed by atoms with E-state index < -0.39 is 0 Å². The molecule has 0 saturated carbocycles. The molecular weight excluding hydrogens is 372 g/mol. The van der Waals surface area contributed by atoms with Gasteiger partial charge in [-0.1, -0.05) is 37.2 Å². The van der Waals surface area contributed by atoms with Crippen molar-refractivity contribution in [2.45, 2.75) is 26.3 Å². The maximum absolute atomic E-state index is 12.8. The molecule has 1 heterocycles. The second-order valence-corrected chi connectivity index (χ2v) is 7.55. The predicted octanol–water partition coefficient (Wildman–Crippen LogP) is 4.22. The number of thiazole rings is 1. The highest BCUT2D eigenvalue weighted by molar-refractivity contribution is 7.16. The van der Waals surface area contributed by atoms with E-state index in [9.17, 15) is 4.79 Å². The number of nitrogens with zero attached hydrogens (tertiary/aromatic N) is 2. The molecule has 0 radical (unpaired) electrons. The van der Waals surface area contributed by atoms with E-state index in [2.05, 4.69) is 36.9 Å². The van der Waals surface area contributed by atoms with Crippen LogP contribution < -0.4 is 14.3 Å². The van der Waals surface area contributed by atoms with Crippen LogP contribution in [0.5, 0.6) is 11.5 Å². The second-order valence-electron chi connectivity index (χ2n) is 6.54. The second kappa shape index (κ2) is 8.32. The summed E-state index contributed by atoms with van der Waals surface area (Å²) in [6, 6.07) is 11.3. The summed E-state index contributed by atoms with van der Waals surface area (Å²) >= 11 is 1.46. The number of rotatable bonds is 5. The van der Waals surface area contributed by atoms with Crippen LogP contribution in [0, 0.1) is 12.3 Å². The lowest BCUT2D eigenvalue weighted by atomic mass is 10.0. The number of hydrogen-bond donors (Lipinski definition) is 0. The van der Waals surface area contributed by atoms with Crippen molar-refractivity contribution in [3.8, 4) is 23.8 Å². The van der Waals surface area contributed by atoms with Crippen molar-refractivity contribution in [2.24, 2.45) is 4.99 Å². The number of amides is 1. The molecule has 3 rings (SSSR count). The molecular formula is C22H22N2O3S. The topological polar surface area (TPSA) is 52.8 Å². The number of aromatic nitrogens is 1. The zero-order valence-electron chi connectivity index (χ0n) is 16.4. The first-order valence-corrected chi connectivity index (χ1v) is 9.68. The fourth-order valence-electron chi connectivity index (χ4n) is 2.90. The highest BCUT2D eigenvalue weighted by atomic mass is 32.1. The summed E-state index contributed by atoms with van der Waals surface area (Å²) in [5.41, 5.74) is 2.64. The first-order valence-electron chi connectivity index (χ1n) is 8.86. The van der Waals surface area contributed by atoms with Crippen molar-refractivity contribution in [1.82, 2.24) is 4.57 Å². The normalized spacial score (nSPS) is 11.6. The van der Waals surface area contributed by atoms with Crippen molar-refractivity contribution >= 4 is 27.5 Å². The molecule has 0 spiro atoms. The van der Waals surface area contributed by atoms with E-state index in [4.69, 9.17) is 15.9 Å². The Morgan fingerprint density at radius 1 is 1.18 bits per heavy atom. The molecule has 0 unspecified atom stereocenters. The average molecular weight is 394 g/mol. The molecule has 0 aliphatic rings. The van der Waals surface area contributed by atoms with Gasteiger partial charge in [-0.3, -0.25) is 4.79 Å². The summed E-state index contributed by atoms with van der Waals surface area (Å²) in [6.45, 7) is 4.64. The fourth-order valence-corrected chi connectivity index (χ4v) is 3.98. The van der Waals surface area contributed by atoms with E-state index in [0.29, 0.717) is 34.3 Å². The summed E-state index contributed by atoms with van der Waals surface area (Å²) in [6.07, 6.45) is 5.55. The fraction of sp³-hybridized carbons (Fsp3) is 0.273. The molecule has 1 amide bonds. The zero-order valence-corrected chi connectivity index (χ0v) is 17.2. The van der Waals surface area contributed by atoms with Crippen LogP contribution >= 0.6 is 11.3 Å². The highest BCUT2D eigenvalue weighted by Crippen LogP contribution is 2.28. The van der Waals surface area contributed by atoms with Crippen LogP contribution in [0.4, 0.5) is 0 Å². The van der Waals surface area contributed by atoms with Crippen molar-refractivity contribution < 1.29 is 14.3 Å². The third-order valence-corrected chi connectivity index (χ3v) is 5.49. The Balaban J connectivity index is 2.11. The molecule has 1 aromatic heterocycles. The Labute approximate surface area is 168 Å². The number of carbonyl (C=O) groups excluding carboxylic acids is 1. The minimum Gasteiger partial charge on any atom is -0.493 e. The number of methoxy groups -OCH3 is 2. The van der Waals surface area contributed by atoms with Gasteiger partial charge in [0.2, 0.25) is 0 Å². The number of fused-ring (bicyclic) bond motifs is 1. The van der Waals surface area contributed by atoms with Gasteiger partial charge >= 0.3 is 0 Å². The Morgan fingerprint density at radius 3 is 2.57 bits per heavy atom. The minimum atomic E-state index is -0.359. The number of terminal acetylenes is 1. The average Bonchev–Trinajstić information content (AvgIpc) is 3.03. The molecule has 0 aliphatic heterocycles. The molecule has 6 heteroatoms. The van der Waals surface area contributed by atoms with Crippen LogP contribution in [-0.2, 0) is 6.54 Å². The van der Waals surface area contributed by atoms with Gasteiger partial charge in [-0.25, -0.2) is 0 Å². The number of carbonyl (C=O) groups is 1. The molecule has 0 atom stereocenters. The van der Waals surface area contributed by atoms with Gasteiger partial charge in [0, 0.05) is 5.56 Å². The Hall–Kier alpha value is -3.04. The minimum absolute atomic E-state index is 0.346. The van der Waals surface area contributed by atoms with Crippen LogP contribution in [0.2, 0.25) is 0 Å². The zero-order chi connectivity index (χ0) is 20.3. The summed E-state index contributed by atoms with van der Waals surface area (Å²) in [7, 11) is 3.08. The van der Waals surface area contributed by atoms with Crippen molar-refractivity contribution in [3.63, 3.8) is 0 Å². The van der Waals surface area contributed by atoms with E-state index in [1.54, 1.807) is 25.3 Å². The van der Waals surface area contributed by atoms with E-state index in [1.807, 2.05) is 10.6 Å². The monoisotopic (exact) mass is 394 g/mol. The van der Waals surface area contributed by atoms with Gasteiger partial charge in [-0.15, -0.1) is 6.42 Å². The molecule has 0 N–H and O–H groups in total. The van der Waals surface area contributed by atoms with E-state index >= 15 is 0 Å². The van der Waals surface area contributed by atoms with Crippen LogP contribution in [0.3, 0.4) is 0 Å². The SMILES string of the molecule is C#CCn1c(=NC(=O)c2ccc(OC)c(OC)c2)sc2cc(C(C)C)ccc21. The molecule has 144 valence electrons. The molecule has 0 saturated heterocycles. The number of hydrogen-bond acceptors (Lipinski definition) is 4. The van der Waals surface area contributed by atoms with Gasteiger partial charge in [-0.05, 0) is 41.8 Å². The van der Waals surface area contributed by atoms with Gasteiger partial charge < -0.3 is 14.0 Å². The molecule has 0 fully saturated rings. The quantitative estimate of drug-likeness (QED) is 0.609. The maximum Gasteiger partial charge on any atom is 0.279 e. The van der Waals surface area contributed by atoms with E-state index in [1.165, 1.54) is 24.0 Å². The molecule has 5 nitrogen and oxygen atoms in total. The van der Waals surface area contributed by atoms with E-state index in [-0.39, 0.29) is 5.91 Å². The standard InChI is InChI=1S/C22H22N2O3S/c1-6-11-24-17-9-7-15(14(2)3)13-20(17)28-22(24)23-21(25)16-8-10-18(26-4)19(12-16)27-5/h1,7-10,12-14H,11H2,2-5H3. The van der Waals surface area contributed by atoms with Crippen LogP contribution in [0.1, 0.15) is 35.7 Å². The van der Waals surface area contributed by atoms with Crippen LogP contribution in [-0.4, -0.2) is 24.7 Å². The first-order chi connectivity index (χ1) is 13.5. The number of benzene rings is 2. The summed E-state index contributed by atoms with van der Waals surface area (Å²) in [5, 5.41) is 0. The molecule has 0 bridgehead atoms. The molecule has 0 aliphatic carbocycles. The Morgan fingerprint density at radius 2 is 1.93 bits per heavy atom. The third kappa shape index (κ3) is 3.80. The van der Waals surface area contributed by atoms with Gasteiger partial charge in [0.25, 0.3) is 5.91 Å². The van der Waals surface area contributed by atoms with Gasteiger partial charge in [-0.2, -0.15) is 4.99 Å². The van der Waals surface area contributed by atoms with Crippen LogP contribution in [0.25, 0.3) is 10.2 Å². The third-order valence-electron chi connectivity index (χ3n) is 4.45. The number of ether oxygens (including phenoxy) is 2. The highest BCUT2D eigenvalue weighted by Gasteiger charge is 2.13. The smallest absolute Gasteiger partial charge is 0.279 e.